The van der Waals surface area contributed by atoms with Crippen LogP contribution in [0.1, 0.15) is 18.9 Å². The fourth-order valence-corrected chi connectivity index (χ4v) is 1.89. The van der Waals surface area contributed by atoms with Gasteiger partial charge in [0.1, 0.15) is 5.82 Å². The van der Waals surface area contributed by atoms with E-state index >= 15 is 0 Å². The van der Waals surface area contributed by atoms with Crippen LogP contribution in [0.5, 0.6) is 0 Å². The molecular weight excluding hydrogens is 261 g/mol. The van der Waals surface area contributed by atoms with Crippen LogP contribution in [-0.4, -0.2) is 37.4 Å². The first-order valence-corrected chi connectivity index (χ1v) is 6.71. The van der Waals surface area contributed by atoms with Crippen molar-refractivity contribution in [3.63, 3.8) is 0 Å². The summed E-state index contributed by atoms with van der Waals surface area (Å²) in [6, 6.07) is 6.00. The third kappa shape index (κ3) is 5.67. The predicted molar refractivity (Wildman–Crippen MR) is 74.8 cm³/mol. The lowest BCUT2D eigenvalue weighted by molar-refractivity contribution is -0.126. The van der Waals surface area contributed by atoms with Gasteiger partial charge in [0.15, 0.2) is 0 Å². The largest absolute Gasteiger partial charge is 0.394 e. The maximum absolute atomic E-state index is 13.0. The Bertz CT molecular complexity index is 425. The molecule has 2 N–H and O–H groups in total. The topological polar surface area (TPSA) is 58.6 Å². The number of carbonyl (C=O) groups excluding carboxylic acids is 1. The molecule has 0 saturated heterocycles. The molecule has 0 aliphatic carbocycles. The van der Waals surface area contributed by atoms with E-state index in [0.29, 0.717) is 12.8 Å². The average Bonchev–Trinajstić information content (AvgIpc) is 2.44. The lowest BCUT2D eigenvalue weighted by Crippen LogP contribution is -2.43. The Morgan fingerprint density at radius 2 is 2.25 bits per heavy atom. The van der Waals surface area contributed by atoms with Crippen LogP contribution in [0.2, 0.25) is 0 Å². The Kier molecular flexibility index (Phi) is 7.18. The monoisotopic (exact) mass is 283 g/mol. The second-order valence-corrected chi connectivity index (χ2v) is 4.91. The fourth-order valence-electron chi connectivity index (χ4n) is 1.89. The number of hydrogen-bond acceptors (Lipinski definition) is 3. The smallest absolute Gasteiger partial charge is 0.223 e. The van der Waals surface area contributed by atoms with E-state index in [9.17, 15) is 9.18 Å². The minimum Gasteiger partial charge on any atom is -0.394 e. The van der Waals surface area contributed by atoms with Crippen molar-refractivity contribution >= 4 is 5.91 Å². The predicted octanol–water partition coefficient (Wildman–Crippen LogP) is 1.52. The van der Waals surface area contributed by atoms with Crippen LogP contribution in [0.15, 0.2) is 24.3 Å². The summed E-state index contributed by atoms with van der Waals surface area (Å²) in [5, 5.41) is 11.8. The molecule has 0 spiro atoms. The van der Waals surface area contributed by atoms with Gasteiger partial charge in [0, 0.05) is 13.0 Å². The highest BCUT2D eigenvalue weighted by Crippen LogP contribution is 2.11. The summed E-state index contributed by atoms with van der Waals surface area (Å²) in [5.74, 6) is -0.596. The van der Waals surface area contributed by atoms with Crippen LogP contribution in [0.4, 0.5) is 4.39 Å². The Hall–Kier alpha value is -1.46. The van der Waals surface area contributed by atoms with Gasteiger partial charge in [0.25, 0.3) is 0 Å². The molecule has 5 heteroatoms. The highest BCUT2D eigenvalue weighted by molar-refractivity contribution is 5.78. The lowest BCUT2D eigenvalue weighted by Gasteiger charge is -2.18. The third-order valence-corrected chi connectivity index (χ3v) is 3.14. The fraction of sp³-hybridized carbons (Fsp3) is 0.533. The first-order valence-electron chi connectivity index (χ1n) is 6.71. The average molecular weight is 283 g/mol. The summed E-state index contributed by atoms with van der Waals surface area (Å²) < 4.78 is 17.9. The van der Waals surface area contributed by atoms with Gasteiger partial charge in [-0.2, -0.15) is 0 Å². The summed E-state index contributed by atoms with van der Waals surface area (Å²) in [6.45, 7) is 1.94. The number of halogens is 1. The number of aryl methyl sites for hydroxylation is 1. The number of ether oxygens (including phenoxy) is 1. The van der Waals surface area contributed by atoms with Crippen molar-refractivity contribution in [1.82, 2.24) is 5.32 Å². The van der Waals surface area contributed by atoms with Gasteiger partial charge in [-0.15, -0.1) is 0 Å². The molecule has 1 amide bonds. The SMILES string of the molecule is COC[C@@H](CO)NC(=O)[C@H](C)CCc1cccc(F)c1. The van der Waals surface area contributed by atoms with E-state index in [1.807, 2.05) is 13.0 Å². The van der Waals surface area contributed by atoms with Gasteiger partial charge in [-0.05, 0) is 30.5 Å². The molecule has 0 aliphatic rings. The first-order chi connectivity index (χ1) is 9.56. The molecule has 1 aromatic carbocycles. The van der Waals surface area contributed by atoms with Crippen LogP contribution in [0.3, 0.4) is 0 Å². The van der Waals surface area contributed by atoms with E-state index in [0.717, 1.165) is 5.56 Å². The number of hydrogen-bond donors (Lipinski definition) is 2. The van der Waals surface area contributed by atoms with E-state index < -0.39 is 0 Å². The molecule has 1 rings (SSSR count). The van der Waals surface area contributed by atoms with Gasteiger partial charge in [-0.3, -0.25) is 4.79 Å². The summed E-state index contributed by atoms with van der Waals surface area (Å²) >= 11 is 0. The van der Waals surface area contributed by atoms with E-state index in [-0.39, 0.29) is 36.9 Å². The van der Waals surface area contributed by atoms with Crippen molar-refractivity contribution in [2.24, 2.45) is 5.92 Å². The molecule has 0 fully saturated rings. The second kappa shape index (κ2) is 8.66. The highest BCUT2D eigenvalue weighted by atomic mass is 19.1. The van der Waals surface area contributed by atoms with Crippen molar-refractivity contribution in [3.8, 4) is 0 Å². The number of aliphatic hydroxyl groups excluding tert-OH is 1. The molecule has 0 unspecified atom stereocenters. The second-order valence-electron chi connectivity index (χ2n) is 4.91. The molecule has 2 atom stereocenters. The van der Waals surface area contributed by atoms with Crippen molar-refractivity contribution in [3.05, 3.63) is 35.6 Å². The minimum atomic E-state index is -0.385. The maximum Gasteiger partial charge on any atom is 0.223 e. The van der Waals surface area contributed by atoms with E-state index in [1.165, 1.54) is 19.2 Å². The summed E-state index contributed by atoms with van der Waals surface area (Å²) in [5.41, 5.74) is 0.875. The third-order valence-electron chi connectivity index (χ3n) is 3.14. The Morgan fingerprint density at radius 1 is 1.50 bits per heavy atom. The number of nitrogens with one attached hydrogen (secondary N) is 1. The zero-order valence-corrected chi connectivity index (χ0v) is 11.9. The van der Waals surface area contributed by atoms with E-state index in [1.54, 1.807) is 6.07 Å². The maximum atomic E-state index is 13.0. The van der Waals surface area contributed by atoms with Crippen molar-refractivity contribution < 1.29 is 19.0 Å². The standard InChI is InChI=1S/C15H22FNO3/c1-11(15(19)17-14(9-18)10-20-2)6-7-12-4-3-5-13(16)8-12/h3-5,8,11,14,18H,6-7,9-10H2,1-2H3,(H,17,19)/t11-,14-/m1/s1. The van der Waals surface area contributed by atoms with Gasteiger partial charge < -0.3 is 15.2 Å². The minimum absolute atomic E-state index is 0.127. The van der Waals surface area contributed by atoms with Gasteiger partial charge in [0.05, 0.1) is 19.3 Å². The van der Waals surface area contributed by atoms with Crippen LogP contribution < -0.4 is 5.32 Å². The van der Waals surface area contributed by atoms with E-state index in [4.69, 9.17) is 9.84 Å². The van der Waals surface area contributed by atoms with Crippen LogP contribution >= 0.6 is 0 Å². The van der Waals surface area contributed by atoms with Gasteiger partial charge >= 0.3 is 0 Å². The molecule has 4 nitrogen and oxygen atoms in total. The molecule has 0 aliphatic heterocycles. The lowest BCUT2D eigenvalue weighted by atomic mass is 10.00. The summed E-state index contributed by atoms with van der Waals surface area (Å²) in [7, 11) is 1.52. The first kappa shape index (κ1) is 16.6. The van der Waals surface area contributed by atoms with Crippen LogP contribution in [-0.2, 0) is 16.0 Å². The highest BCUT2D eigenvalue weighted by Gasteiger charge is 2.17. The van der Waals surface area contributed by atoms with Gasteiger partial charge in [0.2, 0.25) is 5.91 Å². The molecule has 0 heterocycles. The number of methoxy groups -OCH3 is 1. The molecular formula is C15H22FNO3. The number of benzene rings is 1. The Balaban J connectivity index is 2.41. The van der Waals surface area contributed by atoms with Crippen LogP contribution in [0.25, 0.3) is 0 Å². The van der Waals surface area contributed by atoms with Crippen molar-refractivity contribution in [2.45, 2.75) is 25.8 Å². The zero-order valence-electron chi connectivity index (χ0n) is 11.9. The number of aliphatic hydroxyl groups is 1. The Morgan fingerprint density at radius 3 is 2.85 bits per heavy atom. The van der Waals surface area contributed by atoms with Crippen molar-refractivity contribution in [1.29, 1.82) is 0 Å². The molecule has 20 heavy (non-hydrogen) atoms. The normalized spacial score (nSPS) is 13.8. The van der Waals surface area contributed by atoms with Crippen LogP contribution in [0, 0.1) is 11.7 Å². The molecule has 112 valence electrons. The number of carbonyl (C=O) groups is 1. The van der Waals surface area contributed by atoms with Crippen molar-refractivity contribution in [2.75, 3.05) is 20.3 Å². The molecule has 1 aromatic rings. The number of rotatable bonds is 8. The quantitative estimate of drug-likeness (QED) is 0.760. The zero-order chi connectivity index (χ0) is 15.0. The molecule has 0 saturated carbocycles. The van der Waals surface area contributed by atoms with Gasteiger partial charge in [-0.25, -0.2) is 4.39 Å². The molecule has 0 bridgehead atoms. The summed E-state index contributed by atoms with van der Waals surface area (Å²) in [4.78, 5) is 11.9. The molecule has 0 aromatic heterocycles. The van der Waals surface area contributed by atoms with E-state index in [2.05, 4.69) is 5.32 Å². The summed E-state index contributed by atoms with van der Waals surface area (Å²) in [6.07, 6.45) is 1.26. The molecule has 0 radical (unpaired) electrons. The Labute approximate surface area is 119 Å². The number of amides is 1. The van der Waals surface area contributed by atoms with Gasteiger partial charge in [-0.1, -0.05) is 19.1 Å².